The molecule has 0 spiro atoms. The van der Waals surface area contributed by atoms with Crippen LogP contribution in [-0.4, -0.2) is 6.18 Å². The topological polar surface area (TPSA) is 0 Å². The Hall–Kier alpha value is -0.848. The second kappa shape index (κ2) is 5.42. The molecule has 1 aromatic rings. The third kappa shape index (κ3) is 2.94. The molecule has 1 aromatic carbocycles. The summed E-state index contributed by atoms with van der Waals surface area (Å²) in [6.07, 6.45) is 0.00667. The standard InChI is InChI=1S/C13H10F3.CH4.Pd/c14-13(15,16)12-8-6-11(7-9-12)10-4-2-1-3-5-10;;/h1-8H,9H2;1H4;. The van der Waals surface area contributed by atoms with E-state index in [1.54, 1.807) is 6.08 Å². The molecule has 0 nitrogen and oxygen atoms in total. The van der Waals surface area contributed by atoms with Crippen LogP contribution in [-0.2, 0) is 19.2 Å². The Morgan fingerprint density at radius 2 is 1.72 bits per heavy atom. The van der Waals surface area contributed by atoms with Crippen LogP contribution in [0.1, 0.15) is 19.4 Å². The van der Waals surface area contributed by atoms with Gasteiger partial charge in [0, 0.05) is 0 Å². The van der Waals surface area contributed by atoms with Crippen molar-refractivity contribution in [3.05, 3.63) is 54.1 Å². The molecule has 1 atom stereocenters. The molecule has 0 aliphatic heterocycles. The summed E-state index contributed by atoms with van der Waals surface area (Å²) >= 11 is 2.45. The number of rotatable bonds is 1. The van der Waals surface area contributed by atoms with Gasteiger partial charge in [0.15, 0.2) is 0 Å². The number of benzene rings is 1. The van der Waals surface area contributed by atoms with E-state index in [4.69, 9.17) is 0 Å². The van der Waals surface area contributed by atoms with Crippen LogP contribution in [0.5, 0.6) is 0 Å². The maximum absolute atomic E-state index is 12.7. The number of alkyl halides is 3. The molecule has 101 valence electrons. The van der Waals surface area contributed by atoms with Gasteiger partial charge in [-0.05, 0) is 0 Å². The molecule has 18 heavy (non-hydrogen) atoms. The van der Waals surface area contributed by atoms with E-state index in [1.165, 1.54) is 12.2 Å². The molecule has 0 bridgehead atoms. The Morgan fingerprint density at radius 1 is 1.11 bits per heavy atom. The van der Waals surface area contributed by atoms with E-state index in [0.29, 0.717) is 0 Å². The molecule has 0 N–H and O–H groups in total. The normalized spacial score (nSPS) is 23.3. The van der Waals surface area contributed by atoms with Crippen molar-refractivity contribution in [1.29, 1.82) is 0 Å². The van der Waals surface area contributed by atoms with Crippen molar-refractivity contribution < 1.29 is 32.4 Å². The summed E-state index contributed by atoms with van der Waals surface area (Å²) in [4.78, 5) is 0. The average molecular weight is 346 g/mol. The van der Waals surface area contributed by atoms with Crippen LogP contribution < -0.4 is 0 Å². The Morgan fingerprint density at radius 3 is 2.17 bits per heavy atom. The first-order valence-electron chi connectivity index (χ1n) is 5.10. The van der Waals surface area contributed by atoms with E-state index in [2.05, 4.69) is 19.2 Å². The first-order chi connectivity index (χ1) is 7.92. The molecular weight excluding hydrogens is 332 g/mol. The van der Waals surface area contributed by atoms with Crippen LogP contribution in [0.15, 0.2) is 48.6 Å². The van der Waals surface area contributed by atoms with Gasteiger partial charge >= 0.3 is 109 Å². The third-order valence-corrected chi connectivity index (χ3v) is 3.70. The van der Waals surface area contributed by atoms with Gasteiger partial charge in [-0.2, -0.15) is 0 Å². The summed E-state index contributed by atoms with van der Waals surface area (Å²) in [5.74, 6) is 0. The maximum atomic E-state index is 12.7. The quantitative estimate of drug-likeness (QED) is 0.633. The van der Waals surface area contributed by atoms with E-state index in [-0.39, 0.29) is 13.8 Å². The second-order valence-electron chi connectivity index (χ2n) is 3.87. The van der Waals surface area contributed by atoms with Crippen molar-refractivity contribution in [2.45, 2.75) is 23.9 Å². The van der Waals surface area contributed by atoms with Crippen molar-refractivity contribution in [2.75, 3.05) is 0 Å². The second-order valence-corrected chi connectivity index (χ2v) is 5.26. The molecule has 1 aliphatic rings. The van der Waals surface area contributed by atoms with E-state index in [9.17, 15) is 13.2 Å². The Labute approximate surface area is 116 Å². The SMILES string of the molecule is C.FC(F)(F)[C]1([Pd])C=CC(c2ccccc2)=CC1. The zero-order valence-electron chi connectivity index (χ0n) is 8.78. The minimum absolute atomic E-state index is 0. The number of hydrogen-bond acceptors (Lipinski definition) is 0. The minimum atomic E-state index is -4.26. The summed E-state index contributed by atoms with van der Waals surface area (Å²) in [6, 6.07) is 9.38. The Bertz CT molecular complexity index is 460. The number of allylic oxidation sites excluding steroid dienone is 4. The molecule has 0 aromatic heterocycles. The fourth-order valence-corrected chi connectivity index (χ4v) is 1.95. The fraction of sp³-hybridized carbons (Fsp3) is 0.286. The van der Waals surface area contributed by atoms with Gasteiger partial charge in [0.25, 0.3) is 0 Å². The molecule has 0 fully saturated rings. The van der Waals surface area contributed by atoms with E-state index < -0.39 is 10.1 Å². The predicted octanol–water partition coefficient (Wildman–Crippen LogP) is 4.93. The molecular formula is C14H14F3Pd. The van der Waals surface area contributed by atoms with Gasteiger partial charge < -0.3 is 0 Å². The van der Waals surface area contributed by atoms with Gasteiger partial charge in [-0.3, -0.25) is 0 Å². The predicted molar refractivity (Wildman–Crippen MR) is 63.7 cm³/mol. The molecule has 0 radical (unpaired) electrons. The van der Waals surface area contributed by atoms with Crippen molar-refractivity contribution in [3.8, 4) is 0 Å². The zero-order chi connectivity index (χ0) is 12.5. The molecule has 1 aliphatic carbocycles. The molecule has 4 heteroatoms. The van der Waals surface area contributed by atoms with Crippen LogP contribution in [0.4, 0.5) is 13.2 Å². The van der Waals surface area contributed by atoms with Crippen LogP contribution in [0.3, 0.4) is 0 Å². The van der Waals surface area contributed by atoms with Gasteiger partial charge in [-0.15, -0.1) is 0 Å². The van der Waals surface area contributed by atoms with Crippen molar-refractivity contribution in [2.24, 2.45) is 0 Å². The van der Waals surface area contributed by atoms with Crippen molar-refractivity contribution in [1.82, 2.24) is 0 Å². The van der Waals surface area contributed by atoms with E-state index in [1.807, 2.05) is 30.3 Å². The Balaban J connectivity index is 0.00000162. The van der Waals surface area contributed by atoms with Crippen molar-refractivity contribution in [3.63, 3.8) is 0 Å². The number of halogens is 3. The van der Waals surface area contributed by atoms with E-state index >= 15 is 0 Å². The number of hydrogen-bond donors (Lipinski definition) is 0. The zero-order valence-corrected chi connectivity index (χ0v) is 10.3. The molecule has 0 amide bonds. The molecule has 0 saturated heterocycles. The van der Waals surface area contributed by atoms with Gasteiger partial charge in [-0.1, -0.05) is 7.43 Å². The molecule has 0 heterocycles. The van der Waals surface area contributed by atoms with Gasteiger partial charge in [0.2, 0.25) is 0 Å². The molecule has 1 unspecified atom stereocenters. The van der Waals surface area contributed by atoms with Crippen LogP contribution in [0.25, 0.3) is 5.57 Å². The fourth-order valence-electron chi connectivity index (χ4n) is 1.66. The van der Waals surface area contributed by atoms with E-state index in [0.717, 1.165) is 11.1 Å². The van der Waals surface area contributed by atoms with Crippen LogP contribution >= 0.6 is 0 Å². The summed E-state index contributed by atoms with van der Waals surface area (Å²) < 4.78 is 36.3. The van der Waals surface area contributed by atoms with Crippen LogP contribution in [0, 0.1) is 0 Å². The summed E-state index contributed by atoms with van der Waals surface area (Å²) in [5.41, 5.74) is 1.77. The average Bonchev–Trinajstić information content (AvgIpc) is 2.30. The molecule has 0 saturated carbocycles. The summed E-state index contributed by atoms with van der Waals surface area (Å²) in [5, 5.41) is 0. The summed E-state index contributed by atoms with van der Waals surface area (Å²) in [6.45, 7) is 0. The Kier molecular flexibility index (Phi) is 4.58. The van der Waals surface area contributed by atoms with Crippen LogP contribution in [0.2, 0.25) is 3.89 Å². The molecule has 2 rings (SSSR count). The monoisotopic (exact) mass is 345 g/mol. The van der Waals surface area contributed by atoms with Gasteiger partial charge in [0.1, 0.15) is 0 Å². The van der Waals surface area contributed by atoms with Gasteiger partial charge in [-0.25, -0.2) is 0 Å². The van der Waals surface area contributed by atoms with Gasteiger partial charge in [0.05, 0.1) is 0 Å². The van der Waals surface area contributed by atoms with Crippen molar-refractivity contribution >= 4 is 5.57 Å². The first kappa shape index (κ1) is 15.2. The third-order valence-electron chi connectivity index (χ3n) is 2.68. The first-order valence-corrected chi connectivity index (χ1v) is 5.87. The summed E-state index contributed by atoms with van der Waals surface area (Å²) in [7, 11) is 0.